The molecule has 0 heterocycles. The number of rotatable bonds is 20. The van der Waals surface area contributed by atoms with Gasteiger partial charge in [0.2, 0.25) is 0 Å². The number of carbonyl (C=O) groups is 2. The summed E-state index contributed by atoms with van der Waals surface area (Å²) in [4.78, 5) is 23.0. The molecule has 0 aromatic carbocycles. The first-order chi connectivity index (χ1) is 14.5. The molecule has 30 heavy (non-hydrogen) atoms. The number of unbranched alkanes of at least 4 members (excludes halogenated alkanes) is 8. The van der Waals surface area contributed by atoms with E-state index in [1.807, 2.05) is 0 Å². The minimum absolute atomic E-state index is 0.0454. The molecular formula is C23H42O6S. The lowest BCUT2D eigenvalue weighted by Gasteiger charge is -2.15. The van der Waals surface area contributed by atoms with E-state index in [4.69, 9.17) is 19.7 Å². The van der Waals surface area contributed by atoms with Gasteiger partial charge in [0.25, 0.3) is 0 Å². The van der Waals surface area contributed by atoms with Crippen LogP contribution in [-0.2, 0) is 19.1 Å². The van der Waals surface area contributed by atoms with Crippen LogP contribution in [0.25, 0.3) is 0 Å². The molecule has 6 nitrogen and oxygen atoms in total. The van der Waals surface area contributed by atoms with Gasteiger partial charge in [0, 0.05) is 12.8 Å². The third-order valence-electron chi connectivity index (χ3n) is 4.77. The first kappa shape index (κ1) is 28.9. The lowest BCUT2D eigenvalue weighted by Crippen LogP contribution is -2.21. The van der Waals surface area contributed by atoms with Crippen molar-refractivity contribution >= 4 is 24.6 Å². The lowest BCUT2D eigenvalue weighted by atomic mass is 10.1. The average Bonchev–Trinajstić information content (AvgIpc) is 2.75. The Hall–Kier alpha value is -1.05. The largest absolute Gasteiger partial charge is 0.463 e. The van der Waals surface area contributed by atoms with Crippen LogP contribution >= 0.6 is 12.6 Å². The second-order valence-electron chi connectivity index (χ2n) is 7.65. The molecular weight excluding hydrogens is 404 g/mol. The highest BCUT2D eigenvalue weighted by molar-refractivity contribution is 7.81. The number of hydrogen-bond donors (Lipinski definition) is 3. The number of carbonyl (C=O) groups excluding carboxylic acids is 2. The van der Waals surface area contributed by atoms with E-state index in [9.17, 15) is 9.59 Å². The molecule has 0 saturated carbocycles. The number of allylic oxidation sites excluding steroid dienone is 1. The van der Waals surface area contributed by atoms with Crippen LogP contribution in [0.4, 0.5) is 0 Å². The highest BCUT2D eigenvalue weighted by atomic mass is 32.1. The molecule has 0 aromatic rings. The van der Waals surface area contributed by atoms with Crippen molar-refractivity contribution < 1.29 is 29.3 Å². The summed E-state index contributed by atoms with van der Waals surface area (Å²) >= 11 is 3.98. The quantitative estimate of drug-likeness (QED) is 0.111. The topological polar surface area (TPSA) is 93.1 Å². The van der Waals surface area contributed by atoms with Crippen LogP contribution in [-0.4, -0.2) is 53.3 Å². The summed E-state index contributed by atoms with van der Waals surface area (Å²) in [6.07, 6.45) is 16.0. The van der Waals surface area contributed by atoms with Gasteiger partial charge in [0.15, 0.2) is 0 Å². The fourth-order valence-electron chi connectivity index (χ4n) is 2.99. The Kier molecular flexibility index (Phi) is 20.5. The Balaban J connectivity index is 3.75. The summed E-state index contributed by atoms with van der Waals surface area (Å²) in [5.74, 6) is -0.452. The van der Waals surface area contributed by atoms with Crippen molar-refractivity contribution in [2.24, 2.45) is 0 Å². The maximum absolute atomic E-state index is 11.5. The summed E-state index contributed by atoms with van der Waals surface area (Å²) in [6, 6.07) is 0. The Morgan fingerprint density at radius 1 is 0.967 bits per heavy atom. The highest BCUT2D eigenvalue weighted by Crippen LogP contribution is 2.14. The Morgan fingerprint density at radius 3 is 2.37 bits per heavy atom. The number of esters is 2. The Labute approximate surface area is 187 Å². The Morgan fingerprint density at radius 2 is 1.67 bits per heavy atom. The van der Waals surface area contributed by atoms with Crippen molar-refractivity contribution in [2.45, 2.75) is 103 Å². The molecule has 1 unspecified atom stereocenters. The first-order valence-electron chi connectivity index (χ1n) is 11.4. The lowest BCUT2D eigenvalue weighted by molar-refractivity contribution is -0.147. The number of hydrogen-bond acceptors (Lipinski definition) is 7. The third-order valence-corrected chi connectivity index (χ3v) is 5.03. The average molecular weight is 447 g/mol. The van der Waals surface area contributed by atoms with Gasteiger partial charge in [0.1, 0.15) is 18.8 Å². The number of aliphatic hydroxyl groups is 2. The number of thiol groups is 1. The van der Waals surface area contributed by atoms with Gasteiger partial charge in [-0.2, -0.15) is 12.6 Å². The zero-order chi connectivity index (χ0) is 22.5. The van der Waals surface area contributed by atoms with Crippen molar-refractivity contribution in [2.75, 3.05) is 19.0 Å². The van der Waals surface area contributed by atoms with E-state index in [2.05, 4.69) is 31.7 Å². The minimum Gasteiger partial charge on any atom is -0.463 e. The van der Waals surface area contributed by atoms with Crippen LogP contribution in [0.2, 0.25) is 0 Å². The SMILES string of the molecule is CCCCCC[C@H](CC=CCCCCCCCC(=O)OCC(O)CO)OC(=O)CS. The second-order valence-corrected chi connectivity index (χ2v) is 7.97. The fraction of sp³-hybridized carbons (Fsp3) is 0.826. The zero-order valence-corrected chi connectivity index (χ0v) is 19.5. The third kappa shape index (κ3) is 18.9. The van der Waals surface area contributed by atoms with Gasteiger partial charge in [-0.3, -0.25) is 9.59 Å². The molecule has 0 bridgehead atoms. The van der Waals surface area contributed by atoms with Gasteiger partial charge in [-0.15, -0.1) is 0 Å². The van der Waals surface area contributed by atoms with Crippen molar-refractivity contribution in [1.29, 1.82) is 0 Å². The molecule has 2 atom stereocenters. The molecule has 0 amide bonds. The summed E-state index contributed by atoms with van der Waals surface area (Å²) < 4.78 is 10.3. The number of ether oxygens (including phenoxy) is 2. The maximum Gasteiger partial charge on any atom is 0.315 e. The molecule has 0 aromatic heterocycles. The predicted molar refractivity (Wildman–Crippen MR) is 123 cm³/mol. The predicted octanol–water partition coefficient (Wildman–Crippen LogP) is 4.37. The van der Waals surface area contributed by atoms with E-state index in [0.717, 1.165) is 57.8 Å². The summed E-state index contributed by atoms with van der Waals surface area (Å²) in [5.41, 5.74) is 0. The molecule has 0 aliphatic carbocycles. The second kappa shape index (κ2) is 21.2. The van der Waals surface area contributed by atoms with Gasteiger partial charge in [-0.1, -0.05) is 57.6 Å². The smallest absolute Gasteiger partial charge is 0.315 e. The maximum atomic E-state index is 11.5. The standard InChI is InChI=1S/C23H42O6S/c1-2-3-4-11-14-21(29-23(27)19-30)15-12-9-7-5-6-8-10-13-16-22(26)28-18-20(25)17-24/h9,12,20-21,24-25,30H,2-8,10-11,13-19H2,1H3/t20?,21-/m1/s1. The molecule has 0 aliphatic rings. The summed E-state index contributed by atoms with van der Waals surface area (Å²) in [6.45, 7) is 1.64. The van der Waals surface area contributed by atoms with Crippen LogP contribution in [0.15, 0.2) is 12.2 Å². The molecule has 0 aliphatic heterocycles. The molecule has 176 valence electrons. The van der Waals surface area contributed by atoms with Crippen LogP contribution in [0.3, 0.4) is 0 Å². The molecule has 0 saturated heterocycles. The first-order valence-corrected chi connectivity index (χ1v) is 12.1. The van der Waals surface area contributed by atoms with Crippen molar-refractivity contribution in [3.8, 4) is 0 Å². The molecule has 7 heteroatoms. The van der Waals surface area contributed by atoms with Crippen LogP contribution < -0.4 is 0 Å². The van der Waals surface area contributed by atoms with Gasteiger partial charge in [-0.25, -0.2) is 0 Å². The summed E-state index contributed by atoms with van der Waals surface area (Å²) in [7, 11) is 0. The van der Waals surface area contributed by atoms with E-state index < -0.39 is 12.7 Å². The van der Waals surface area contributed by atoms with Crippen molar-refractivity contribution in [3.05, 3.63) is 12.2 Å². The van der Waals surface area contributed by atoms with E-state index in [1.54, 1.807) is 0 Å². The molecule has 0 spiro atoms. The Bertz CT molecular complexity index is 455. The van der Waals surface area contributed by atoms with E-state index in [0.29, 0.717) is 6.42 Å². The normalized spacial score (nSPS) is 13.3. The van der Waals surface area contributed by atoms with Gasteiger partial charge >= 0.3 is 11.9 Å². The van der Waals surface area contributed by atoms with E-state index in [-0.39, 0.29) is 30.4 Å². The minimum atomic E-state index is -0.992. The monoisotopic (exact) mass is 446 g/mol. The highest BCUT2D eigenvalue weighted by Gasteiger charge is 2.11. The summed E-state index contributed by atoms with van der Waals surface area (Å²) in [5, 5.41) is 17.8. The fourth-order valence-corrected chi connectivity index (χ4v) is 3.06. The van der Waals surface area contributed by atoms with Gasteiger partial charge in [-0.05, 0) is 32.1 Å². The molecule has 0 fully saturated rings. The van der Waals surface area contributed by atoms with Crippen LogP contribution in [0.1, 0.15) is 90.4 Å². The molecule has 0 rings (SSSR count). The number of aliphatic hydroxyl groups excluding tert-OH is 2. The van der Waals surface area contributed by atoms with Gasteiger partial charge in [0.05, 0.1) is 12.4 Å². The van der Waals surface area contributed by atoms with Crippen molar-refractivity contribution in [3.63, 3.8) is 0 Å². The molecule has 2 N–H and O–H groups in total. The van der Waals surface area contributed by atoms with Crippen molar-refractivity contribution in [1.82, 2.24) is 0 Å². The van der Waals surface area contributed by atoms with Gasteiger partial charge < -0.3 is 19.7 Å². The van der Waals surface area contributed by atoms with Crippen LogP contribution in [0.5, 0.6) is 0 Å². The van der Waals surface area contributed by atoms with E-state index >= 15 is 0 Å². The van der Waals surface area contributed by atoms with Crippen LogP contribution in [0, 0.1) is 0 Å². The zero-order valence-electron chi connectivity index (χ0n) is 18.6. The molecule has 0 radical (unpaired) electrons. The van der Waals surface area contributed by atoms with E-state index in [1.165, 1.54) is 19.3 Å².